The van der Waals surface area contributed by atoms with Crippen LogP contribution in [-0.4, -0.2) is 44.1 Å². The van der Waals surface area contributed by atoms with E-state index in [-0.39, 0.29) is 5.91 Å². The first-order valence-electron chi connectivity index (χ1n) is 10.5. The summed E-state index contributed by atoms with van der Waals surface area (Å²) in [4.78, 5) is 17.3. The third-order valence-corrected chi connectivity index (χ3v) is 6.29. The second-order valence-electron chi connectivity index (χ2n) is 7.68. The summed E-state index contributed by atoms with van der Waals surface area (Å²) in [6.45, 7) is 4.44. The second kappa shape index (κ2) is 10.3. The zero-order chi connectivity index (χ0) is 22.5. The first-order chi connectivity index (χ1) is 15.5. The minimum Gasteiger partial charge on any atom is -0.496 e. The van der Waals surface area contributed by atoms with Gasteiger partial charge in [-0.2, -0.15) is 0 Å². The van der Waals surface area contributed by atoms with Gasteiger partial charge in [-0.15, -0.1) is 0 Å². The van der Waals surface area contributed by atoms with E-state index in [0.717, 1.165) is 49.0 Å². The van der Waals surface area contributed by atoms with Crippen LogP contribution >= 0.6 is 23.2 Å². The van der Waals surface area contributed by atoms with Gasteiger partial charge in [0.15, 0.2) is 0 Å². The maximum absolute atomic E-state index is 12.6. The summed E-state index contributed by atoms with van der Waals surface area (Å²) >= 11 is 12.9. The molecule has 0 spiro atoms. The minimum atomic E-state index is -0.237. The zero-order valence-corrected chi connectivity index (χ0v) is 19.4. The van der Waals surface area contributed by atoms with Crippen molar-refractivity contribution >= 4 is 40.5 Å². The Morgan fingerprint density at radius 2 is 1.66 bits per heavy atom. The number of nitrogens with zero attached hydrogens (tertiary/aromatic N) is 2. The molecule has 1 fully saturated rings. The Bertz CT molecular complexity index is 1100. The SMILES string of the molecule is COc1ccccc1C(=O)Nc1ccc(N2CCN(Cc3ccccc3Cl)CC2)c(Cl)c1. The van der Waals surface area contributed by atoms with E-state index in [1.54, 1.807) is 31.4 Å². The quantitative estimate of drug-likeness (QED) is 0.511. The molecule has 32 heavy (non-hydrogen) atoms. The van der Waals surface area contributed by atoms with Crippen molar-refractivity contribution in [2.45, 2.75) is 6.54 Å². The zero-order valence-electron chi connectivity index (χ0n) is 17.9. The molecule has 0 unspecified atom stereocenters. The lowest BCUT2D eigenvalue weighted by Gasteiger charge is -2.36. The number of carbonyl (C=O) groups is 1. The van der Waals surface area contributed by atoms with Crippen LogP contribution in [0.15, 0.2) is 66.7 Å². The number of rotatable bonds is 6. The number of para-hydroxylation sites is 1. The standard InChI is InChI=1S/C25H25Cl2N3O2/c1-32-24-9-5-3-7-20(24)25(31)28-19-10-11-23(22(27)16-19)30-14-12-29(13-15-30)17-18-6-2-4-8-21(18)26/h2-11,16H,12-15,17H2,1H3,(H,28,31). The normalized spacial score (nSPS) is 14.3. The maximum Gasteiger partial charge on any atom is 0.259 e. The average molecular weight is 470 g/mol. The van der Waals surface area contributed by atoms with Crippen LogP contribution < -0.4 is 15.0 Å². The highest BCUT2D eigenvalue weighted by atomic mass is 35.5. The predicted octanol–water partition coefficient (Wildman–Crippen LogP) is 5.58. The van der Waals surface area contributed by atoms with Gasteiger partial charge in [0.25, 0.3) is 5.91 Å². The highest BCUT2D eigenvalue weighted by molar-refractivity contribution is 6.33. The fraction of sp³-hybridized carbons (Fsp3) is 0.240. The average Bonchev–Trinajstić information content (AvgIpc) is 2.81. The van der Waals surface area contributed by atoms with E-state index in [1.807, 2.05) is 36.4 Å². The first-order valence-corrected chi connectivity index (χ1v) is 11.3. The number of methoxy groups -OCH3 is 1. The van der Waals surface area contributed by atoms with Gasteiger partial charge in [-0.25, -0.2) is 0 Å². The number of anilines is 2. The van der Waals surface area contributed by atoms with Crippen molar-refractivity contribution in [1.29, 1.82) is 0 Å². The summed E-state index contributed by atoms with van der Waals surface area (Å²) in [6.07, 6.45) is 0. The molecule has 0 atom stereocenters. The Labute approximate surface area is 198 Å². The number of nitrogens with one attached hydrogen (secondary N) is 1. The fourth-order valence-electron chi connectivity index (χ4n) is 3.89. The summed E-state index contributed by atoms with van der Waals surface area (Å²) in [5.41, 5.74) is 3.24. The van der Waals surface area contributed by atoms with Crippen molar-refractivity contribution in [3.63, 3.8) is 0 Å². The Morgan fingerprint density at radius 3 is 2.38 bits per heavy atom. The lowest BCUT2D eigenvalue weighted by atomic mass is 10.1. The molecule has 166 valence electrons. The van der Waals surface area contributed by atoms with Crippen LogP contribution in [-0.2, 0) is 6.54 Å². The summed E-state index contributed by atoms with van der Waals surface area (Å²) in [5, 5.41) is 4.32. The van der Waals surface area contributed by atoms with Gasteiger partial charge in [0.05, 0.1) is 23.4 Å². The van der Waals surface area contributed by atoms with Gasteiger partial charge in [-0.05, 0) is 42.0 Å². The fourth-order valence-corrected chi connectivity index (χ4v) is 4.38. The minimum absolute atomic E-state index is 0.237. The van der Waals surface area contributed by atoms with Crippen LogP contribution in [0.4, 0.5) is 11.4 Å². The predicted molar refractivity (Wildman–Crippen MR) is 131 cm³/mol. The van der Waals surface area contributed by atoms with E-state index in [0.29, 0.717) is 22.0 Å². The molecule has 7 heteroatoms. The van der Waals surface area contributed by atoms with E-state index < -0.39 is 0 Å². The molecule has 0 aromatic heterocycles. The van der Waals surface area contributed by atoms with Crippen LogP contribution in [0.2, 0.25) is 10.0 Å². The number of hydrogen-bond donors (Lipinski definition) is 1. The van der Waals surface area contributed by atoms with Crippen molar-refractivity contribution < 1.29 is 9.53 Å². The highest BCUT2D eigenvalue weighted by Gasteiger charge is 2.20. The van der Waals surface area contributed by atoms with Crippen molar-refractivity contribution in [3.05, 3.63) is 87.9 Å². The van der Waals surface area contributed by atoms with Gasteiger partial charge in [0.2, 0.25) is 0 Å². The Hall–Kier alpha value is -2.73. The maximum atomic E-state index is 12.6. The second-order valence-corrected chi connectivity index (χ2v) is 8.49. The van der Waals surface area contributed by atoms with E-state index in [4.69, 9.17) is 27.9 Å². The highest BCUT2D eigenvalue weighted by Crippen LogP contribution is 2.30. The molecule has 0 aliphatic carbocycles. The van der Waals surface area contributed by atoms with E-state index in [1.165, 1.54) is 0 Å². The molecule has 3 aromatic rings. The van der Waals surface area contributed by atoms with Crippen molar-refractivity contribution in [2.24, 2.45) is 0 Å². The van der Waals surface area contributed by atoms with Crippen molar-refractivity contribution in [1.82, 2.24) is 4.90 Å². The van der Waals surface area contributed by atoms with Gasteiger partial charge in [0, 0.05) is 43.4 Å². The van der Waals surface area contributed by atoms with Crippen LogP contribution in [0, 0.1) is 0 Å². The number of carbonyl (C=O) groups excluding carboxylic acids is 1. The number of amides is 1. The molecular formula is C25H25Cl2N3O2. The molecule has 4 rings (SSSR count). The van der Waals surface area contributed by atoms with Crippen LogP contribution in [0.5, 0.6) is 5.75 Å². The molecular weight excluding hydrogens is 445 g/mol. The smallest absolute Gasteiger partial charge is 0.259 e. The van der Waals surface area contributed by atoms with E-state index >= 15 is 0 Å². The number of hydrogen-bond acceptors (Lipinski definition) is 4. The third-order valence-electron chi connectivity index (χ3n) is 5.62. The molecule has 5 nitrogen and oxygen atoms in total. The Morgan fingerprint density at radius 1 is 0.938 bits per heavy atom. The van der Waals surface area contributed by atoms with Crippen LogP contribution in [0.25, 0.3) is 0 Å². The number of piperazine rings is 1. The summed E-state index contributed by atoms with van der Waals surface area (Å²) in [5.74, 6) is 0.293. The summed E-state index contributed by atoms with van der Waals surface area (Å²) in [6, 6.07) is 20.7. The first kappa shape index (κ1) is 22.5. The Balaban J connectivity index is 1.37. The molecule has 1 amide bonds. The van der Waals surface area contributed by atoms with E-state index in [9.17, 15) is 4.79 Å². The van der Waals surface area contributed by atoms with Gasteiger partial charge in [0.1, 0.15) is 5.75 Å². The lowest BCUT2D eigenvalue weighted by Crippen LogP contribution is -2.46. The third kappa shape index (κ3) is 5.18. The van der Waals surface area contributed by atoms with Crippen LogP contribution in [0.3, 0.4) is 0 Å². The molecule has 0 radical (unpaired) electrons. The molecule has 1 aliphatic heterocycles. The number of ether oxygens (including phenoxy) is 1. The lowest BCUT2D eigenvalue weighted by molar-refractivity contribution is 0.102. The number of halogens is 2. The molecule has 3 aromatic carbocycles. The Kier molecular flexibility index (Phi) is 7.20. The summed E-state index contributed by atoms with van der Waals surface area (Å²) in [7, 11) is 1.55. The molecule has 0 saturated carbocycles. The van der Waals surface area contributed by atoms with E-state index in [2.05, 4.69) is 21.2 Å². The largest absolute Gasteiger partial charge is 0.496 e. The molecule has 1 saturated heterocycles. The molecule has 1 N–H and O–H groups in total. The van der Waals surface area contributed by atoms with Gasteiger partial charge >= 0.3 is 0 Å². The number of benzene rings is 3. The molecule has 0 bridgehead atoms. The monoisotopic (exact) mass is 469 g/mol. The van der Waals surface area contributed by atoms with Crippen LogP contribution in [0.1, 0.15) is 15.9 Å². The molecule has 1 aliphatic rings. The van der Waals surface area contributed by atoms with Crippen molar-refractivity contribution in [3.8, 4) is 5.75 Å². The topological polar surface area (TPSA) is 44.8 Å². The molecule has 1 heterocycles. The van der Waals surface area contributed by atoms with Gasteiger partial charge < -0.3 is 15.0 Å². The van der Waals surface area contributed by atoms with Gasteiger partial charge in [-0.3, -0.25) is 9.69 Å². The summed E-state index contributed by atoms with van der Waals surface area (Å²) < 4.78 is 5.27. The van der Waals surface area contributed by atoms with Crippen molar-refractivity contribution in [2.75, 3.05) is 43.5 Å². The van der Waals surface area contributed by atoms with Gasteiger partial charge in [-0.1, -0.05) is 53.5 Å².